The number of carbonyl (C=O) groups is 2. The van der Waals surface area contributed by atoms with Gasteiger partial charge in [-0.25, -0.2) is 0 Å². The van der Waals surface area contributed by atoms with Crippen LogP contribution in [0.4, 0.5) is 0 Å². The molecule has 0 heterocycles. The van der Waals surface area contributed by atoms with Crippen molar-refractivity contribution in [2.24, 2.45) is 0 Å². The molecule has 4 atom stereocenters. The third kappa shape index (κ3) is 14.0. The van der Waals surface area contributed by atoms with Gasteiger partial charge in [-0.05, 0) is 27.7 Å². The minimum absolute atomic E-state index is 0.189. The van der Waals surface area contributed by atoms with Crippen LogP contribution in [0.25, 0.3) is 0 Å². The van der Waals surface area contributed by atoms with Crippen molar-refractivity contribution in [3.05, 3.63) is 0 Å². The Labute approximate surface area is 155 Å². The number of aliphatic hydroxyl groups excluding tert-OH is 4. The molecule has 26 heavy (non-hydrogen) atoms. The lowest BCUT2D eigenvalue weighted by atomic mass is 10.1. The van der Waals surface area contributed by atoms with Crippen molar-refractivity contribution in [3.8, 4) is 0 Å². The molecule has 0 saturated heterocycles. The first-order chi connectivity index (χ1) is 12.0. The largest absolute Gasteiger partial charge is 0.462 e. The standard InChI is InChI=1S/C18H34O8/c1-11(19)7-15(8-12(2)20)25-17(23)5-6-18(24)26-16(9-13(3)21)10-14(4)22/h11-16,19-22H,5-10H2,1-4H3. The second-order valence-electron chi connectivity index (χ2n) is 7.06. The Morgan fingerprint density at radius 3 is 1.04 bits per heavy atom. The molecule has 0 radical (unpaired) electrons. The Bertz CT molecular complexity index is 348. The molecule has 8 heteroatoms. The Morgan fingerprint density at radius 1 is 0.615 bits per heavy atom. The molecule has 154 valence electrons. The normalized spacial score (nSPS) is 18.3. The van der Waals surface area contributed by atoms with E-state index in [1.165, 1.54) is 0 Å². The highest BCUT2D eigenvalue weighted by atomic mass is 16.6. The van der Waals surface area contributed by atoms with Crippen molar-refractivity contribution in [2.75, 3.05) is 0 Å². The lowest BCUT2D eigenvalue weighted by Crippen LogP contribution is -2.28. The third-order valence-electron chi connectivity index (χ3n) is 3.55. The van der Waals surface area contributed by atoms with Crippen LogP contribution in [0.3, 0.4) is 0 Å². The van der Waals surface area contributed by atoms with Gasteiger partial charge in [0.1, 0.15) is 12.2 Å². The Balaban J connectivity index is 4.41. The van der Waals surface area contributed by atoms with Crippen LogP contribution < -0.4 is 0 Å². The summed E-state index contributed by atoms with van der Waals surface area (Å²) < 4.78 is 10.4. The van der Waals surface area contributed by atoms with Gasteiger partial charge in [-0.1, -0.05) is 0 Å². The molecular weight excluding hydrogens is 344 g/mol. The lowest BCUT2D eigenvalue weighted by molar-refractivity contribution is -0.159. The topological polar surface area (TPSA) is 134 Å². The van der Waals surface area contributed by atoms with Crippen molar-refractivity contribution >= 4 is 11.9 Å². The van der Waals surface area contributed by atoms with E-state index in [0.717, 1.165) is 0 Å². The highest BCUT2D eigenvalue weighted by Gasteiger charge is 2.22. The molecule has 0 aliphatic heterocycles. The quantitative estimate of drug-likeness (QED) is 0.344. The van der Waals surface area contributed by atoms with Gasteiger partial charge < -0.3 is 29.9 Å². The molecule has 4 N–H and O–H groups in total. The molecule has 8 nitrogen and oxygen atoms in total. The van der Waals surface area contributed by atoms with Crippen molar-refractivity contribution in [3.63, 3.8) is 0 Å². The number of esters is 2. The van der Waals surface area contributed by atoms with Crippen molar-refractivity contribution in [2.45, 2.75) is 103 Å². The minimum atomic E-state index is -0.682. The lowest BCUT2D eigenvalue weighted by Gasteiger charge is -2.21. The predicted octanol–water partition coefficient (Wildman–Crippen LogP) is 0.674. The number of hydrogen-bond acceptors (Lipinski definition) is 8. The smallest absolute Gasteiger partial charge is 0.306 e. The minimum Gasteiger partial charge on any atom is -0.462 e. The van der Waals surface area contributed by atoms with Gasteiger partial charge >= 0.3 is 11.9 Å². The molecule has 0 aromatic rings. The average molecular weight is 378 g/mol. The van der Waals surface area contributed by atoms with Gasteiger partial charge in [-0.15, -0.1) is 0 Å². The SMILES string of the molecule is CC(O)CC(CC(C)O)OC(=O)CCC(=O)OC(CC(C)O)CC(C)O. The maximum Gasteiger partial charge on any atom is 0.306 e. The fourth-order valence-corrected chi connectivity index (χ4v) is 2.60. The molecule has 0 amide bonds. The molecule has 0 saturated carbocycles. The van der Waals surface area contributed by atoms with Gasteiger partial charge in [0.25, 0.3) is 0 Å². The number of rotatable bonds is 13. The Kier molecular flexibility index (Phi) is 12.4. The maximum absolute atomic E-state index is 11.9. The fraction of sp³-hybridized carbons (Fsp3) is 0.889. The van der Waals surface area contributed by atoms with Crippen LogP contribution in [0.2, 0.25) is 0 Å². The predicted molar refractivity (Wildman–Crippen MR) is 94.2 cm³/mol. The van der Waals surface area contributed by atoms with E-state index in [-0.39, 0.29) is 38.5 Å². The van der Waals surface area contributed by atoms with Crippen molar-refractivity contribution in [1.29, 1.82) is 0 Å². The van der Waals surface area contributed by atoms with Gasteiger partial charge in [-0.2, -0.15) is 0 Å². The fourth-order valence-electron chi connectivity index (χ4n) is 2.60. The van der Waals surface area contributed by atoms with E-state index in [0.29, 0.717) is 0 Å². The van der Waals surface area contributed by atoms with E-state index >= 15 is 0 Å². The highest BCUT2D eigenvalue weighted by Crippen LogP contribution is 2.14. The van der Waals surface area contributed by atoms with Crippen LogP contribution in [0.1, 0.15) is 66.2 Å². The molecule has 0 aromatic heterocycles. The summed E-state index contributed by atoms with van der Waals surface area (Å²) in [7, 11) is 0. The first kappa shape index (κ1) is 24.8. The van der Waals surface area contributed by atoms with Crippen LogP contribution in [0.15, 0.2) is 0 Å². The number of aliphatic hydroxyl groups is 4. The van der Waals surface area contributed by atoms with Crippen molar-refractivity contribution < 1.29 is 39.5 Å². The second-order valence-corrected chi connectivity index (χ2v) is 7.06. The summed E-state index contributed by atoms with van der Waals surface area (Å²) in [5, 5.41) is 37.7. The zero-order valence-electron chi connectivity index (χ0n) is 16.1. The van der Waals surface area contributed by atoms with Gasteiger partial charge in [-0.3, -0.25) is 9.59 Å². The summed E-state index contributed by atoms with van der Waals surface area (Å²) in [6, 6.07) is 0. The first-order valence-corrected chi connectivity index (χ1v) is 9.10. The number of hydrogen-bond donors (Lipinski definition) is 4. The summed E-state index contributed by atoms with van der Waals surface area (Å²) >= 11 is 0. The third-order valence-corrected chi connectivity index (χ3v) is 3.55. The summed E-state index contributed by atoms with van der Waals surface area (Å²) in [4.78, 5) is 23.8. The zero-order chi connectivity index (χ0) is 20.3. The van der Waals surface area contributed by atoms with Crippen LogP contribution in [-0.4, -0.2) is 69.0 Å². The molecule has 0 rings (SSSR count). The van der Waals surface area contributed by atoms with Gasteiger partial charge in [0.15, 0.2) is 0 Å². The van der Waals surface area contributed by atoms with Crippen LogP contribution in [0.5, 0.6) is 0 Å². The second kappa shape index (κ2) is 13.0. The van der Waals surface area contributed by atoms with E-state index in [1.807, 2.05) is 0 Å². The molecular formula is C18H34O8. The summed E-state index contributed by atoms with van der Waals surface area (Å²) in [5.41, 5.74) is 0. The molecule has 0 aliphatic carbocycles. The zero-order valence-corrected chi connectivity index (χ0v) is 16.1. The molecule has 0 fully saturated rings. The molecule has 0 aliphatic rings. The van der Waals surface area contributed by atoms with E-state index in [2.05, 4.69) is 0 Å². The molecule has 0 aromatic carbocycles. The summed E-state index contributed by atoms with van der Waals surface area (Å²) in [6.07, 6.45) is -3.56. The van der Waals surface area contributed by atoms with E-state index < -0.39 is 48.6 Å². The average Bonchev–Trinajstić information content (AvgIpc) is 2.41. The van der Waals surface area contributed by atoms with Crippen LogP contribution >= 0.6 is 0 Å². The van der Waals surface area contributed by atoms with E-state index in [9.17, 15) is 30.0 Å². The number of ether oxygens (including phenoxy) is 2. The number of carbonyl (C=O) groups excluding carboxylic acids is 2. The molecule has 0 bridgehead atoms. The Morgan fingerprint density at radius 2 is 0.846 bits per heavy atom. The molecule has 4 unspecified atom stereocenters. The maximum atomic E-state index is 11.9. The van der Waals surface area contributed by atoms with Crippen molar-refractivity contribution in [1.82, 2.24) is 0 Å². The summed E-state index contributed by atoms with van der Waals surface area (Å²) in [5.74, 6) is -1.23. The summed E-state index contributed by atoms with van der Waals surface area (Å²) in [6.45, 7) is 6.24. The monoisotopic (exact) mass is 378 g/mol. The van der Waals surface area contributed by atoms with E-state index in [4.69, 9.17) is 9.47 Å². The van der Waals surface area contributed by atoms with Crippen LogP contribution in [-0.2, 0) is 19.1 Å². The van der Waals surface area contributed by atoms with E-state index in [1.54, 1.807) is 27.7 Å². The Hall–Kier alpha value is -1.22. The van der Waals surface area contributed by atoms with Gasteiger partial charge in [0.2, 0.25) is 0 Å². The molecule has 0 spiro atoms. The van der Waals surface area contributed by atoms with Crippen LogP contribution in [0, 0.1) is 0 Å². The first-order valence-electron chi connectivity index (χ1n) is 9.10. The van der Waals surface area contributed by atoms with Gasteiger partial charge in [0, 0.05) is 25.7 Å². The van der Waals surface area contributed by atoms with Gasteiger partial charge in [0.05, 0.1) is 37.3 Å². The highest BCUT2D eigenvalue weighted by molar-refractivity contribution is 5.77.